The molecule has 1 aliphatic heterocycles. The van der Waals surface area contributed by atoms with Gasteiger partial charge in [0.15, 0.2) is 0 Å². The number of nitrogens with zero attached hydrogens (tertiary/aromatic N) is 4. The maximum Gasteiger partial charge on any atom is 0.316 e. The molecular formula is C18H23N4O4S+. The van der Waals surface area contributed by atoms with Gasteiger partial charge >= 0.3 is 5.82 Å². The maximum atomic E-state index is 12.7. The molecule has 0 spiro atoms. The maximum absolute atomic E-state index is 12.7. The third kappa shape index (κ3) is 3.88. The van der Waals surface area contributed by atoms with Crippen molar-refractivity contribution in [3.63, 3.8) is 0 Å². The second-order valence-electron chi connectivity index (χ2n) is 6.49. The van der Waals surface area contributed by atoms with Crippen LogP contribution in [0.2, 0.25) is 0 Å². The van der Waals surface area contributed by atoms with Gasteiger partial charge in [0.2, 0.25) is 10.0 Å². The van der Waals surface area contributed by atoms with E-state index in [1.54, 1.807) is 29.3 Å². The molecule has 144 valence electrons. The summed E-state index contributed by atoms with van der Waals surface area (Å²) in [6.45, 7) is 2.24. The lowest BCUT2D eigenvalue weighted by atomic mass is 10.2. The zero-order chi connectivity index (χ0) is 19.6. The van der Waals surface area contributed by atoms with Crippen LogP contribution in [0.25, 0.3) is 0 Å². The molecule has 9 heteroatoms. The average Bonchev–Trinajstić information content (AvgIpc) is 2.68. The Balaban J connectivity index is 1.67. The summed E-state index contributed by atoms with van der Waals surface area (Å²) in [4.78, 5) is 16.6. The smallest absolute Gasteiger partial charge is 0.316 e. The van der Waals surface area contributed by atoms with E-state index in [1.165, 1.54) is 26.2 Å². The molecule has 0 radical (unpaired) electrons. The highest BCUT2D eigenvalue weighted by Gasteiger charge is 2.28. The van der Waals surface area contributed by atoms with Gasteiger partial charge in [0.1, 0.15) is 19.3 Å². The average molecular weight is 391 g/mol. The van der Waals surface area contributed by atoms with E-state index in [-0.39, 0.29) is 10.8 Å². The summed E-state index contributed by atoms with van der Waals surface area (Å²) in [5, 5.41) is 9.89. The summed E-state index contributed by atoms with van der Waals surface area (Å²) in [6, 6.07) is 11.4. The van der Waals surface area contributed by atoms with Crippen LogP contribution in [0.4, 0.5) is 5.82 Å². The second-order valence-corrected chi connectivity index (χ2v) is 8.65. The lowest BCUT2D eigenvalue weighted by Crippen LogP contribution is -2.52. The molecule has 2 heterocycles. The number of carbonyl (C=O) groups is 1. The Hall–Kier alpha value is -2.65. The van der Waals surface area contributed by atoms with Gasteiger partial charge in [-0.1, -0.05) is 10.8 Å². The van der Waals surface area contributed by atoms with E-state index in [0.717, 1.165) is 9.04 Å². The lowest BCUT2D eigenvalue weighted by molar-refractivity contribution is -0.894. The molecule has 1 saturated heterocycles. The predicted octanol–water partition coefficient (Wildman–Crippen LogP) is 0.424. The van der Waals surface area contributed by atoms with Crippen molar-refractivity contribution in [1.29, 1.82) is 0 Å². The van der Waals surface area contributed by atoms with E-state index in [0.29, 0.717) is 37.6 Å². The largest absolute Gasteiger partial charge is 0.350 e. The van der Waals surface area contributed by atoms with Gasteiger partial charge < -0.3 is 10.1 Å². The van der Waals surface area contributed by atoms with Crippen LogP contribution in [0.5, 0.6) is 0 Å². The van der Waals surface area contributed by atoms with Crippen LogP contribution < -0.4 is 9.63 Å². The van der Waals surface area contributed by atoms with E-state index in [1.807, 2.05) is 17.0 Å². The summed E-state index contributed by atoms with van der Waals surface area (Å²) in [5.41, 5.74) is 0.457. The third-order valence-corrected chi connectivity index (χ3v) is 6.42. The van der Waals surface area contributed by atoms with Crippen molar-refractivity contribution in [2.24, 2.45) is 0 Å². The molecule has 0 saturated carbocycles. The van der Waals surface area contributed by atoms with Gasteiger partial charge in [-0.2, -0.15) is 0 Å². The molecule has 0 aliphatic carbocycles. The summed E-state index contributed by atoms with van der Waals surface area (Å²) in [6.07, 6.45) is 1.57. The summed E-state index contributed by atoms with van der Waals surface area (Å²) in [5.74, 6) is 0.552. The number of pyridine rings is 1. The van der Waals surface area contributed by atoms with Crippen molar-refractivity contribution in [3.05, 3.63) is 54.2 Å². The fraction of sp³-hybridized carbons (Fsp3) is 0.333. The molecule has 2 aromatic rings. The molecule has 3 rings (SSSR count). The Kier molecular flexibility index (Phi) is 5.33. The first-order chi connectivity index (χ1) is 12.8. The molecular weight excluding hydrogens is 368 g/mol. The number of carbonyl (C=O) groups excluding carboxylic acids is 1. The van der Waals surface area contributed by atoms with Crippen molar-refractivity contribution in [3.8, 4) is 0 Å². The Morgan fingerprint density at radius 3 is 2.22 bits per heavy atom. The van der Waals surface area contributed by atoms with Crippen LogP contribution in [0.3, 0.4) is 0 Å². The first kappa shape index (κ1) is 19.1. The van der Waals surface area contributed by atoms with Crippen LogP contribution in [0, 0.1) is 0 Å². The highest BCUT2D eigenvalue weighted by atomic mass is 32.2. The molecule has 27 heavy (non-hydrogen) atoms. The van der Waals surface area contributed by atoms with Crippen molar-refractivity contribution < 1.29 is 23.1 Å². The fourth-order valence-corrected chi connectivity index (χ4v) is 3.88. The van der Waals surface area contributed by atoms with Crippen LogP contribution >= 0.6 is 0 Å². The van der Waals surface area contributed by atoms with E-state index in [9.17, 15) is 18.4 Å². The number of aromatic nitrogens is 1. The van der Waals surface area contributed by atoms with Gasteiger partial charge in [-0.25, -0.2) is 12.7 Å². The highest BCUT2D eigenvalue weighted by molar-refractivity contribution is 7.89. The fourth-order valence-electron chi connectivity index (χ4n) is 2.98. The first-order valence-electron chi connectivity index (χ1n) is 8.57. The Morgan fingerprint density at radius 1 is 1.04 bits per heavy atom. The molecule has 1 aromatic carbocycles. The molecule has 0 atom stereocenters. The van der Waals surface area contributed by atoms with Crippen molar-refractivity contribution >= 4 is 21.7 Å². The van der Waals surface area contributed by atoms with Crippen LogP contribution in [0.1, 0.15) is 10.4 Å². The number of hydrogen-bond donors (Lipinski definition) is 1. The molecule has 1 aromatic heterocycles. The number of benzene rings is 1. The minimum atomic E-state index is -3.51. The number of amides is 1. The van der Waals surface area contributed by atoms with Gasteiger partial charge in [-0.05, 0) is 30.3 Å². The minimum Gasteiger partial charge on any atom is -0.350 e. The number of sulfonamides is 1. The summed E-state index contributed by atoms with van der Waals surface area (Å²) >= 11 is 0. The second kappa shape index (κ2) is 7.53. The Bertz CT molecular complexity index is 921. The Labute approximate surface area is 158 Å². The van der Waals surface area contributed by atoms with E-state index >= 15 is 0 Å². The van der Waals surface area contributed by atoms with Gasteiger partial charge in [-0.15, -0.1) is 0 Å². The molecule has 0 unspecified atom stereocenters. The summed E-state index contributed by atoms with van der Waals surface area (Å²) in [7, 11) is -0.573. The van der Waals surface area contributed by atoms with Crippen molar-refractivity contribution in [1.82, 2.24) is 9.21 Å². The minimum absolute atomic E-state index is 0.131. The number of piperazine rings is 1. The highest BCUT2D eigenvalue weighted by Crippen LogP contribution is 2.17. The topological polar surface area (TPSA) is 85.0 Å². The third-order valence-electron chi connectivity index (χ3n) is 4.59. The lowest BCUT2D eigenvalue weighted by Gasteiger charge is -2.31. The first-order valence-corrected chi connectivity index (χ1v) is 10.0. The SMILES string of the molecule is CN(C)S(=O)(=O)c1ccc(C(=O)N2CCN(c3cccc[n+]3O)CC2)cc1. The van der Waals surface area contributed by atoms with Gasteiger partial charge in [0.05, 0.1) is 18.0 Å². The number of anilines is 1. The zero-order valence-electron chi connectivity index (χ0n) is 15.3. The Morgan fingerprint density at radius 2 is 1.67 bits per heavy atom. The van der Waals surface area contributed by atoms with E-state index in [4.69, 9.17) is 0 Å². The van der Waals surface area contributed by atoms with E-state index in [2.05, 4.69) is 0 Å². The molecule has 0 bridgehead atoms. The van der Waals surface area contributed by atoms with Gasteiger partial charge in [-0.3, -0.25) is 9.69 Å². The quantitative estimate of drug-likeness (QED) is 0.603. The molecule has 1 fully saturated rings. The monoisotopic (exact) mass is 391 g/mol. The van der Waals surface area contributed by atoms with Crippen molar-refractivity contribution in [2.75, 3.05) is 45.2 Å². The normalized spacial score (nSPS) is 15.2. The molecule has 1 aliphatic rings. The molecule has 8 nitrogen and oxygen atoms in total. The predicted molar refractivity (Wildman–Crippen MR) is 99.3 cm³/mol. The standard InChI is InChI=1S/C18H23N4O4S/c1-19(2)27(25,26)16-8-6-15(7-9-16)18(23)21-13-11-20(12-14-21)17-5-3-4-10-22(17)24/h3-10,24H,11-14H2,1-2H3/q+1. The zero-order valence-corrected chi connectivity index (χ0v) is 16.1. The summed E-state index contributed by atoms with van der Waals surface area (Å²) < 4.78 is 26.4. The van der Waals surface area contributed by atoms with Gasteiger partial charge in [0, 0.05) is 25.7 Å². The number of rotatable bonds is 4. The van der Waals surface area contributed by atoms with E-state index < -0.39 is 10.0 Å². The van der Waals surface area contributed by atoms with Crippen LogP contribution in [-0.4, -0.2) is 69.0 Å². The molecule has 1 N–H and O–H groups in total. The van der Waals surface area contributed by atoms with Crippen LogP contribution in [-0.2, 0) is 10.0 Å². The van der Waals surface area contributed by atoms with Crippen LogP contribution in [0.15, 0.2) is 53.6 Å². The molecule has 1 amide bonds. The van der Waals surface area contributed by atoms with Crippen molar-refractivity contribution in [2.45, 2.75) is 4.90 Å². The van der Waals surface area contributed by atoms with Gasteiger partial charge in [0.25, 0.3) is 5.91 Å². The number of hydrogen-bond acceptors (Lipinski definition) is 5.